The van der Waals surface area contributed by atoms with E-state index in [2.05, 4.69) is 146 Å². The van der Waals surface area contributed by atoms with Crippen molar-refractivity contribution in [2.45, 2.75) is 0 Å². The number of rotatable bonds is 6. The van der Waals surface area contributed by atoms with Gasteiger partial charge in [0, 0.05) is 33.0 Å². The molecule has 0 spiro atoms. The second-order valence-electron chi connectivity index (χ2n) is 13.4. The second-order valence-corrected chi connectivity index (χ2v) is 13.4. The van der Waals surface area contributed by atoms with Gasteiger partial charge in [-0.1, -0.05) is 91.0 Å². The Balaban J connectivity index is 1.13. The summed E-state index contributed by atoms with van der Waals surface area (Å²) in [5.41, 5.74) is 13.3. The lowest BCUT2D eigenvalue weighted by Gasteiger charge is -2.19. The molecule has 4 aromatic heterocycles. The fourth-order valence-corrected chi connectivity index (χ4v) is 7.64. The van der Waals surface area contributed by atoms with Crippen LogP contribution >= 0.6 is 0 Å². The predicted molar refractivity (Wildman–Crippen MR) is 216 cm³/mol. The second kappa shape index (κ2) is 12.0. The van der Waals surface area contributed by atoms with Crippen LogP contribution in [0.1, 0.15) is 0 Å². The summed E-state index contributed by atoms with van der Waals surface area (Å²) in [6, 6.07) is 55.0. The minimum absolute atomic E-state index is 0.965. The van der Waals surface area contributed by atoms with Gasteiger partial charge in [0.15, 0.2) is 0 Å². The van der Waals surface area contributed by atoms with Crippen molar-refractivity contribution in [1.29, 1.82) is 0 Å². The Morgan fingerprint density at radius 1 is 0.370 bits per heavy atom. The van der Waals surface area contributed by atoms with Gasteiger partial charge in [0.05, 0.1) is 63.2 Å². The summed E-state index contributed by atoms with van der Waals surface area (Å²) in [7, 11) is 0. The molecule has 8 nitrogen and oxygen atoms in total. The lowest BCUT2D eigenvalue weighted by Crippen LogP contribution is -2.05. The lowest BCUT2D eigenvalue weighted by molar-refractivity contribution is 0.896. The first-order chi connectivity index (χ1) is 26.8. The minimum atomic E-state index is 0.965. The molecule has 0 saturated carbocycles. The maximum absolute atomic E-state index is 4.97. The van der Waals surface area contributed by atoms with E-state index >= 15 is 0 Å². The van der Waals surface area contributed by atoms with Crippen molar-refractivity contribution in [2.24, 2.45) is 0 Å². The van der Waals surface area contributed by atoms with Crippen LogP contribution in [-0.2, 0) is 0 Å². The van der Waals surface area contributed by atoms with Gasteiger partial charge in [0.25, 0.3) is 0 Å². The van der Waals surface area contributed by atoms with Crippen molar-refractivity contribution < 1.29 is 0 Å². The van der Waals surface area contributed by atoms with Gasteiger partial charge in [-0.2, -0.15) is 15.3 Å². The number of imidazole rings is 1. The summed E-state index contributed by atoms with van der Waals surface area (Å²) in [6.45, 7) is 0. The molecular formula is C46H30N8. The summed E-state index contributed by atoms with van der Waals surface area (Å²) in [4.78, 5) is 4.63. The number of nitrogens with zero attached hydrogens (tertiary/aromatic N) is 8. The Kier molecular flexibility index (Phi) is 6.69. The van der Waals surface area contributed by atoms with Crippen LogP contribution in [0.2, 0.25) is 0 Å². The molecule has 8 heteroatoms. The highest BCUT2D eigenvalue weighted by molar-refractivity contribution is 5.91. The zero-order valence-corrected chi connectivity index (χ0v) is 28.9. The van der Waals surface area contributed by atoms with E-state index in [0.717, 1.165) is 88.7 Å². The molecule has 4 heterocycles. The maximum Gasteiger partial charge on any atom is 0.100 e. The summed E-state index contributed by atoms with van der Waals surface area (Å²) in [5.74, 6) is 0. The Morgan fingerprint density at radius 2 is 0.796 bits per heavy atom. The third-order valence-corrected chi connectivity index (χ3v) is 10.3. The largest absolute Gasteiger partial charge is 0.299 e. The number of para-hydroxylation sites is 5. The molecule has 0 fully saturated rings. The van der Waals surface area contributed by atoms with E-state index in [9.17, 15) is 0 Å². The highest BCUT2D eigenvalue weighted by Crippen LogP contribution is 2.39. The zero-order valence-electron chi connectivity index (χ0n) is 28.9. The highest BCUT2D eigenvalue weighted by atomic mass is 15.3. The first kappa shape index (κ1) is 30.1. The predicted octanol–water partition coefficient (Wildman–Crippen LogP) is 10.4. The molecule has 0 aliphatic rings. The van der Waals surface area contributed by atoms with Crippen LogP contribution in [0, 0.1) is 0 Å². The fourth-order valence-electron chi connectivity index (χ4n) is 7.64. The molecule has 0 radical (unpaired) electrons. The van der Waals surface area contributed by atoms with E-state index in [4.69, 9.17) is 15.3 Å². The summed E-state index contributed by atoms with van der Waals surface area (Å²) in [5, 5.41) is 17.9. The topological polar surface area (TPSA) is 71.3 Å². The van der Waals surface area contributed by atoms with Gasteiger partial charge in [0.2, 0.25) is 0 Å². The average molecular weight is 695 g/mol. The molecule has 7 aromatic carbocycles. The van der Waals surface area contributed by atoms with Crippen molar-refractivity contribution in [3.8, 4) is 45.0 Å². The van der Waals surface area contributed by atoms with Crippen LogP contribution < -0.4 is 0 Å². The third kappa shape index (κ3) is 4.78. The van der Waals surface area contributed by atoms with Gasteiger partial charge in [-0.15, -0.1) is 0 Å². The summed E-state index contributed by atoms with van der Waals surface area (Å²) < 4.78 is 8.23. The summed E-state index contributed by atoms with van der Waals surface area (Å²) >= 11 is 0. The van der Waals surface area contributed by atoms with Crippen molar-refractivity contribution in [1.82, 2.24) is 38.9 Å². The molecule has 54 heavy (non-hydrogen) atoms. The van der Waals surface area contributed by atoms with Gasteiger partial charge >= 0.3 is 0 Å². The van der Waals surface area contributed by atoms with Crippen LogP contribution in [0.3, 0.4) is 0 Å². The van der Waals surface area contributed by atoms with Crippen LogP contribution in [0.15, 0.2) is 183 Å². The van der Waals surface area contributed by atoms with Gasteiger partial charge in [-0.25, -0.2) is 19.0 Å². The van der Waals surface area contributed by atoms with Crippen molar-refractivity contribution in [2.75, 3.05) is 0 Å². The molecule has 254 valence electrons. The van der Waals surface area contributed by atoms with E-state index in [1.807, 2.05) is 59.9 Å². The molecule has 0 saturated heterocycles. The first-order valence-corrected chi connectivity index (χ1v) is 17.9. The molecule has 0 aliphatic carbocycles. The van der Waals surface area contributed by atoms with E-state index in [1.54, 1.807) is 0 Å². The standard InChI is InChI=1S/C46H30N8/c1-5-13-41-33(9-1)27-48-52(41)37-23-19-32(20-24-37)39-26-45(53-42-14-6-2-10-34(42)28-49-53)38(25-46(39)54-43-15-7-3-11-35(43)29-50-54)31-17-21-36(22-18-31)51-30-47-40-12-4-8-16-44(40)51/h1-30H. The number of fused-ring (bicyclic) bond motifs is 4. The number of benzene rings is 7. The zero-order chi connectivity index (χ0) is 35.6. The molecular weight excluding hydrogens is 665 g/mol. The third-order valence-electron chi connectivity index (χ3n) is 10.3. The SMILES string of the molecule is c1ccc2c(c1)cnn2-c1ccc(-c2cc(-n3ncc4ccccc43)c(-c3ccc(-n4cnc5ccccc54)cc3)cc2-n2ncc3ccccc32)cc1. The molecule has 0 amide bonds. The van der Waals surface area contributed by atoms with Crippen molar-refractivity contribution in [3.63, 3.8) is 0 Å². The monoisotopic (exact) mass is 694 g/mol. The fraction of sp³-hybridized carbons (Fsp3) is 0. The molecule has 11 aromatic rings. The van der Waals surface area contributed by atoms with Crippen LogP contribution in [0.4, 0.5) is 0 Å². The average Bonchev–Trinajstić information content (AvgIpc) is 4.05. The lowest BCUT2D eigenvalue weighted by atomic mass is 9.95. The Hall–Kier alpha value is -7.58. The molecule has 0 unspecified atom stereocenters. The van der Waals surface area contributed by atoms with Gasteiger partial charge in [-0.3, -0.25) is 4.57 Å². The quantitative estimate of drug-likeness (QED) is 0.174. The normalized spacial score (nSPS) is 11.7. The number of hydrogen-bond donors (Lipinski definition) is 0. The summed E-state index contributed by atoms with van der Waals surface area (Å²) in [6.07, 6.45) is 7.67. The van der Waals surface area contributed by atoms with E-state index in [-0.39, 0.29) is 0 Å². The molecule has 11 rings (SSSR count). The first-order valence-electron chi connectivity index (χ1n) is 17.9. The van der Waals surface area contributed by atoms with Gasteiger partial charge in [0.1, 0.15) is 6.33 Å². The van der Waals surface area contributed by atoms with Crippen molar-refractivity contribution in [3.05, 3.63) is 183 Å². The minimum Gasteiger partial charge on any atom is -0.299 e. The van der Waals surface area contributed by atoms with Gasteiger partial charge in [-0.05, 0) is 77.9 Å². The molecule has 0 atom stereocenters. The van der Waals surface area contributed by atoms with E-state index in [1.165, 1.54) is 0 Å². The van der Waals surface area contributed by atoms with E-state index < -0.39 is 0 Å². The highest BCUT2D eigenvalue weighted by Gasteiger charge is 2.20. The Morgan fingerprint density at radius 3 is 1.33 bits per heavy atom. The molecule has 0 N–H and O–H groups in total. The Labute approximate surface area is 309 Å². The van der Waals surface area contributed by atoms with E-state index in [0.29, 0.717) is 0 Å². The van der Waals surface area contributed by atoms with Crippen LogP contribution in [-0.4, -0.2) is 38.9 Å². The van der Waals surface area contributed by atoms with Crippen molar-refractivity contribution >= 4 is 43.7 Å². The van der Waals surface area contributed by atoms with Gasteiger partial charge < -0.3 is 0 Å². The smallest absolute Gasteiger partial charge is 0.100 e. The number of hydrogen-bond acceptors (Lipinski definition) is 4. The van der Waals surface area contributed by atoms with Crippen LogP contribution in [0.5, 0.6) is 0 Å². The molecule has 0 bridgehead atoms. The maximum atomic E-state index is 4.97. The van der Waals surface area contributed by atoms with Crippen LogP contribution in [0.25, 0.3) is 88.7 Å². The number of aromatic nitrogens is 8. The molecule has 0 aliphatic heterocycles. The Bertz CT molecular complexity index is 2940.